The first kappa shape index (κ1) is 16.5. The minimum atomic E-state index is -1.67. The normalized spacial score (nSPS) is 12.4. The molecule has 0 N–H and O–H groups in total. The summed E-state index contributed by atoms with van der Waals surface area (Å²) in [6, 6.07) is 7.87. The second kappa shape index (κ2) is 6.38. The van der Waals surface area contributed by atoms with Crippen LogP contribution in [0, 0.1) is 12.7 Å². The first-order valence-electron chi connectivity index (χ1n) is 7.88. The van der Waals surface area contributed by atoms with Crippen molar-refractivity contribution < 1.29 is 8.60 Å². The van der Waals surface area contributed by atoms with Crippen molar-refractivity contribution >= 4 is 16.4 Å². The number of benzene rings is 1. The fraction of sp³-hybridized carbons (Fsp3) is 0.111. The number of fused-ring (bicyclic) bond motifs is 1. The second-order valence-corrected chi connectivity index (χ2v) is 7.16. The molecule has 130 valence electrons. The molecule has 3 aromatic heterocycles. The number of halogens is 1. The van der Waals surface area contributed by atoms with Crippen LogP contribution < -0.4 is 0 Å². The first-order chi connectivity index (χ1) is 12.5. The van der Waals surface area contributed by atoms with Crippen LogP contribution in [0.5, 0.6) is 0 Å². The molecular weight excluding hydrogens is 353 g/mol. The average Bonchev–Trinajstić information content (AvgIpc) is 3.03. The SMILES string of the molecule is Cc1nccn2c(-c3ccnc([SH+](C)=O)n3)c(-c3ccc(F)cc3)nc12. The molecule has 0 spiro atoms. The van der Waals surface area contributed by atoms with E-state index in [-0.39, 0.29) is 11.0 Å². The van der Waals surface area contributed by atoms with Gasteiger partial charge in [0.25, 0.3) is 0 Å². The monoisotopic (exact) mass is 368 g/mol. The summed E-state index contributed by atoms with van der Waals surface area (Å²) >= 11 is 0. The number of hydrogen-bond acceptors (Lipinski definition) is 5. The highest BCUT2D eigenvalue weighted by Crippen LogP contribution is 2.32. The van der Waals surface area contributed by atoms with Crippen LogP contribution in [0.25, 0.3) is 28.3 Å². The maximum atomic E-state index is 13.3. The molecule has 0 aliphatic heterocycles. The van der Waals surface area contributed by atoms with E-state index in [0.717, 1.165) is 17.0 Å². The molecule has 8 heteroatoms. The number of hydrogen-bond donors (Lipinski definition) is 0. The quantitative estimate of drug-likeness (QED) is 0.316. The zero-order valence-corrected chi connectivity index (χ0v) is 15.0. The summed E-state index contributed by atoms with van der Waals surface area (Å²) < 4.78 is 27.1. The number of nitrogens with zero attached hydrogens (tertiary/aromatic N) is 5. The minimum absolute atomic E-state index is 0.281. The van der Waals surface area contributed by atoms with E-state index in [2.05, 4.69) is 15.0 Å². The highest BCUT2D eigenvalue weighted by atomic mass is 32.2. The van der Waals surface area contributed by atoms with E-state index >= 15 is 0 Å². The lowest BCUT2D eigenvalue weighted by atomic mass is 10.1. The van der Waals surface area contributed by atoms with Crippen molar-refractivity contribution in [3.8, 4) is 22.6 Å². The summed E-state index contributed by atoms with van der Waals surface area (Å²) in [5.41, 5.74) is 4.17. The molecule has 6 nitrogen and oxygen atoms in total. The highest BCUT2D eigenvalue weighted by molar-refractivity contribution is 7.84. The Morgan fingerprint density at radius 3 is 2.54 bits per heavy atom. The summed E-state index contributed by atoms with van der Waals surface area (Å²) in [5, 5.41) is 0.281. The van der Waals surface area contributed by atoms with E-state index in [1.807, 2.05) is 11.3 Å². The van der Waals surface area contributed by atoms with Crippen molar-refractivity contribution in [2.45, 2.75) is 12.1 Å². The molecule has 0 amide bonds. The van der Waals surface area contributed by atoms with Crippen LogP contribution in [0.2, 0.25) is 0 Å². The lowest BCUT2D eigenvalue weighted by molar-refractivity contribution is 0.594. The van der Waals surface area contributed by atoms with Crippen molar-refractivity contribution in [2.24, 2.45) is 0 Å². The molecule has 0 fully saturated rings. The van der Waals surface area contributed by atoms with Crippen LogP contribution in [0.1, 0.15) is 5.69 Å². The van der Waals surface area contributed by atoms with Crippen molar-refractivity contribution in [1.29, 1.82) is 0 Å². The van der Waals surface area contributed by atoms with Gasteiger partial charge in [-0.2, -0.15) is 9.97 Å². The van der Waals surface area contributed by atoms with Gasteiger partial charge in [0.2, 0.25) is 0 Å². The van der Waals surface area contributed by atoms with Gasteiger partial charge in [-0.3, -0.25) is 9.38 Å². The largest absolute Gasteiger partial charge is 0.345 e. The van der Waals surface area contributed by atoms with Gasteiger partial charge in [-0.05, 0) is 37.3 Å². The molecule has 0 aliphatic carbocycles. The van der Waals surface area contributed by atoms with E-state index in [0.29, 0.717) is 17.0 Å². The lowest BCUT2D eigenvalue weighted by Crippen LogP contribution is -2.00. The summed E-state index contributed by atoms with van der Waals surface area (Å²) in [7, 11) is -1.67. The van der Waals surface area contributed by atoms with Gasteiger partial charge in [0.15, 0.2) is 5.65 Å². The topological polar surface area (TPSA) is 73.0 Å². The second-order valence-electron chi connectivity index (χ2n) is 5.76. The molecule has 1 atom stereocenters. The van der Waals surface area contributed by atoms with Crippen molar-refractivity contribution in [3.63, 3.8) is 0 Å². The fourth-order valence-corrected chi connectivity index (χ4v) is 3.27. The van der Waals surface area contributed by atoms with Crippen molar-refractivity contribution in [1.82, 2.24) is 24.3 Å². The number of thiol groups is 1. The van der Waals surface area contributed by atoms with Gasteiger partial charge in [-0.25, -0.2) is 9.37 Å². The summed E-state index contributed by atoms with van der Waals surface area (Å²) in [5.74, 6) is -0.316. The third-order valence-electron chi connectivity index (χ3n) is 4.00. The molecule has 26 heavy (non-hydrogen) atoms. The zero-order chi connectivity index (χ0) is 18.3. The van der Waals surface area contributed by atoms with E-state index in [9.17, 15) is 8.60 Å². The molecule has 1 aromatic carbocycles. The number of imidazole rings is 1. The molecule has 0 saturated heterocycles. The molecule has 1 unspecified atom stereocenters. The van der Waals surface area contributed by atoms with Gasteiger partial charge in [-0.15, -0.1) is 0 Å². The van der Waals surface area contributed by atoms with Gasteiger partial charge in [0.1, 0.15) is 22.9 Å². The lowest BCUT2D eigenvalue weighted by Gasteiger charge is -2.05. The molecule has 0 radical (unpaired) electrons. The zero-order valence-electron chi connectivity index (χ0n) is 14.1. The van der Waals surface area contributed by atoms with Crippen LogP contribution in [0.3, 0.4) is 0 Å². The van der Waals surface area contributed by atoms with E-state index in [1.54, 1.807) is 43.0 Å². The Balaban J connectivity index is 2.05. The standard InChI is InChI=1S/C18H14FN5OS/c1-11-17-23-15(12-3-5-13(19)6-4-12)16(24(17)10-9-20-11)14-7-8-21-18(22-14)26(2)25/h3-10H,1-2H3/p+1. The maximum Gasteiger partial charge on any atom is 0.345 e. The molecule has 4 rings (SSSR count). The molecular formula is C18H15FN5OS+. The molecule has 0 bridgehead atoms. The smallest absolute Gasteiger partial charge is 0.295 e. The third-order valence-corrected chi connectivity index (χ3v) is 4.78. The first-order valence-corrected chi connectivity index (χ1v) is 9.59. The van der Waals surface area contributed by atoms with Crippen molar-refractivity contribution in [2.75, 3.05) is 6.26 Å². The van der Waals surface area contributed by atoms with Gasteiger partial charge >= 0.3 is 5.16 Å². The Morgan fingerprint density at radius 2 is 1.81 bits per heavy atom. The Morgan fingerprint density at radius 1 is 1.04 bits per heavy atom. The molecule has 4 aromatic rings. The van der Waals surface area contributed by atoms with Crippen LogP contribution in [-0.2, 0) is 15.0 Å². The number of rotatable bonds is 3. The third kappa shape index (κ3) is 2.78. The molecule has 3 heterocycles. The van der Waals surface area contributed by atoms with E-state index in [4.69, 9.17) is 4.98 Å². The summed E-state index contributed by atoms with van der Waals surface area (Å²) in [4.78, 5) is 17.5. The fourth-order valence-electron chi connectivity index (χ4n) is 2.79. The Labute approximate surface area is 151 Å². The van der Waals surface area contributed by atoms with Gasteiger partial charge < -0.3 is 0 Å². The molecule has 0 aliphatic rings. The maximum absolute atomic E-state index is 13.3. The van der Waals surface area contributed by atoms with Crippen LogP contribution in [0.15, 0.2) is 54.1 Å². The number of aryl methyl sites for hydroxylation is 1. The minimum Gasteiger partial charge on any atom is -0.295 e. The molecule has 0 saturated carbocycles. The van der Waals surface area contributed by atoms with Crippen LogP contribution >= 0.6 is 0 Å². The van der Waals surface area contributed by atoms with Crippen molar-refractivity contribution in [3.05, 3.63) is 60.4 Å². The predicted molar refractivity (Wildman–Crippen MR) is 97.8 cm³/mol. The van der Waals surface area contributed by atoms with Crippen LogP contribution in [-0.4, -0.2) is 30.6 Å². The average molecular weight is 368 g/mol. The Hall–Kier alpha value is -3.00. The predicted octanol–water partition coefficient (Wildman–Crippen LogP) is 2.99. The highest BCUT2D eigenvalue weighted by Gasteiger charge is 2.20. The van der Waals surface area contributed by atoms with Gasteiger partial charge in [0, 0.05) is 24.2 Å². The van der Waals surface area contributed by atoms with Gasteiger partial charge in [0.05, 0.1) is 22.8 Å². The Bertz CT molecular complexity index is 1140. The number of aromatic nitrogens is 5. The van der Waals surface area contributed by atoms with E-state index in [1.165, 1.54) is 12.1 Å². The van der Waals surface area contributed by atoms with E-state index < -0.39 is 10.8 Å². The van der Waals surface area contributed by atoms with Crippen LogP contribution in [0.4, 0.5) is 4.39 Å². The van der Waals surface area contributed by atoms with Gasteiger partial charge in [-0.1, -0.05) is 4.21 Å². The Kier molecular flexibility index (Phi) is 4.04. The summed E-state index contributed by atoms with van der Waals surface area (Å²) in [6.45, 7) is 1.87. The summed E-state index contributed by atoms with van der Waals surface area (Å²) in [6.07, 6.45) is 6.63.